The minimum absolute atomic E-state index is 0.211. The lowest BCUT2D eigenvalue weighted by molar-refractivity contribution is -0.122. The Morgan fingerprint density at radius 1 is 1.14 bits per heavy atom. The van der Waals surface area contributed by atoms with Crippen LogP contribution in [0, 0.1) is 0 Å². The average Bonchev–Trinajstić information content (AvgIpc) is 2.48. The average molecular weight is 289 g/mol. The van der Waals surface area contributed by atoms with Crippen molar-refractivity contribution in [1.29, 1.82) is 0 Å². The molecule has 5 heteroatoms. The van der Waals surface area contributed by atoms with Crippen molar-refractivity contribution in [3.63, 3.8) is 0 Å². The summed E-state index contributed by atoms with van der Waals surface area (Å²) in [4.78, 5) is 24.8. The SMILES string of the molecule is NC(=O)NC(=O)CN(Cc1ccccc1)C1CCCCC1. The van der Waals surface area contributed by atoms with Crippen molar-refractivity contribution < 1.29 is 9.59 Å². The van der Waals surface area contributed by atoms with E-state index in [0.29, 0.717) is 6.04 Å². The Hall–Kier alpha value is -1.88. The molecule has 3 amide bonds. The van der Waals surface area contributed by atoms with E-state index in [1.807, 2.05) is 18.2 Å². The number of hydrogen-bond acceptors (Lipinski definition) is 3. The Balaban J connectivity index is 2.02. The molecule has 0 aliphatic heterocycles. The number of carbonyl (C=O) groups is 2. The summed E-state index contributed by atoms with van der Waals surface area (Å²) in [6, 6.07) is 9.70. The van der Waals surface area contributed by atoms with Crippen LogP contribution in [-0.2, 0) is 11.3 Å². The van der Waals surface area contributed by atoms with Gasteiger partial charge in [-0.25, -0.2) is 4.79 Å². The normalized spacial score (nSPS) is 15.9. The van der Waals surface area contributed by atoms with E-state index in [1.165, 1.54) is 24.8 Å². The zero-order chi connectivity index (χ0) is 15.1. The molecular formula is C16H23N3O2. The number of primary amides is 1. The highest BCUT2D eigenvalue weighted by atomic mass is 16.2. The number of nitrogens with zero attached hydrogens (tertiary/aromatic N) is 1. The lowest BCUT2D eigenvalue weighted by Gasteiger charge is -2.33. The van der Waals surface area contributed by atoms with Gasteiger partial charge in [0.25, 0.3) is 0 Å². The highest BCUT2D eigenvalue weighted by Gasteiger charge is 2.23. The maximum Gasteiger partial charge on any atom is 0.318 e. The molecule has 1 saturated carbocycles. The summed E-state index contributed by atoms with van der Waals surface area (Å²) in [6.45, 7) is 0.931. The van der Waals surface area contributed by atoms with Crippen molar-refractivity contribution >= 4 is 11.9 Å². The van der Waals surface area contributed by atoms with Gasteiger partial charge in [-0.05, 0) is 18.4 Å². The van der Waals surface area contributed by atoms with Crippen LogP contribution in [0.1, 0.15) is 37.7 Å². The van der Waals surface area contributed by atoms with Crippen molar-refractivity contribution in [1.82, 2.24) is 10.2 Å². The van der Waals surface area contributed by atoms with Gasteiger partial charge in [-0.15, -0.1) is 0 Å². The number of rotatable bonds is 5. The Bertz CT molecular complexity index is 470. The zero-order valence-corrected chi connectivity index (χ0v) is 12.3. The first-order valence-electron chi connectivity index (χ1n) is 7.52. The molecule has 0 aromatic heterocycles. The van der Waals surface area contributed by atoms with Gasteiger partial charge in [-0.1, -0.05) is 49.6 Å². The van der Waals surface area contributed by atoms with Crippen molar-refractivity contribution in [3.8, 4) is 0 Å². The number of amides is 3. The zero-order valence-electron chi connectivity index (χ0n) is 12.3. The molecule has 0 radical (unpaired) electrons. The monoisotopic (exact) mass is 289 g/mol. The molecule has 1 aliphatic carbocycles. The van der Waals surface area contributed by atoms with E-state index in [4.69, 9.17) is 5.73 Å². The quantitative estimate of drug-likeness (QED) is 0.870. The molecule has 1 aromatic carbocycles. The number of urea groups is 1. The molecule has 2 rings (SSSR count). The van der Waals surface area contributed by atoms with Crippen molar-refractivity contribution in [3.05, 3.63) is 35.9 Å². The first kappa shape index (κ1) is 15.5. The molecule has 0 spiro atoms. The summed E-state index contributed by atoms with van der Waals surface area (Å²) in [5.41, 5.74) is 6.19. The Labute approximate surface area is 125 Å². The third-order valence-corrected chi connectivity index (χ3v) is 3.93. The van der Waals surface area contributed by atoms with E-state index in [2.05, 4.69) is 22.3 Å². The van der Waals surface area contributed by atoms with Crippen LogP contribution in [0.3, 0.4) is 0 Å². The largest absolute Gasteiger partial charge is 0.351 e. The minimum atomic E-state index is -0.789. The van der Waals surface area contributed by atoms with Gasteiger partial charge >= 0.3 is 6.03 Å². The number of nitrogens with two attached hydrogens (primary N) is 1. The van der Waals surface area contributed by atoms with Crippen LogP contribution in [0.15, 0.2) is 30.3 Å². The Morgan fingerprint density at radius 2 is 1.81 bits per heavy atom. The van der Waals surface area contributed by atoms with Crippen LogP contribution in [0.25, 0.3) is 0 Å². The predicted molar refractivity (Wildman–Crippen MR) is 81.5 cm³/mol. The van der Waals surface area contributed by atoms with E-state index in [0.717, 1.165) is 19.4 Å². The molecule has 0 saturated heterocycles. The van der Waals surface area contributed by atoms with Crippen LogP contribution in [-0.4, -0.2) is 29.4 Å². The number of carbonyl (C=O) groups excluding carboxylic acids is 2. The van der Waals surface area contributed by atoms with Gasteiger partial charge in [0, 0.05) is 12.6 Å². The molecule has 5 nitrogen and oxygen atoms in total. The summed E-state index contributed by atoms with van der Waals surface area (Å²) < 4.78 is 0. The van der Waals surface area contributed by atoms with Crippen LogP contribution in [0.2, 0.25) is 0 Å². The molecule has 0 unspecified atom stereocenters. The van der Waals surface area contributed by atoms with Crippen molar-refractivity contribution in [2.24, 2.45) is 5.73 Å². The van der Waals surface area contributed by atoms with Crippen LogP contribution < -0.4 is 11.1 Å². The summed E-state index contributed by atoms with van der Waals surface area (Å²) in [7, 11) is 0. The van der Waals surface area contributed by atoms with E-state index in [-0.39, 0.29) is 12.5 Å². The molecule has 21 heavy (non-hydrogen) atoms. The second-order valence-electron chi connectivity index (χ2n) is 5.59. The summed E-state index contributed by atoms with van der Waals surface area (Å²) in [6.07, 6.45) is 5.89. The molecule has 1 fully saturated rings. The van der Waals surface area contributed by atoms with Gasteiger partial charge < -0.3 is 5.73 Å². The fraction of sp³-hybridized carbons (Fsp3) is 0.500. The van der Waals surface area contributed by atoms with E-state index in [1.54, 1.807) is 0 Å². The standard InChI is InChI=1S/C16H23N3O2/c17-16(21)18-15(20)12-19(14-9-5-2-6-10-14)11-13-7-3-1-4-8-13/h1,3-4,7-8,14H,2,5-6,9-12H2,(H3,17,18,20,21). The molecule has 0 heterocycles. The van der Waals surface area contributed by atoms with Gasteiger partial charge in [-0.3, -0.25) is 15.0 Å². The lowest BCUT2D eigenvalue weighted by Crippen LogP contribution is -2.46. The lowest BCUT2D eigenvalue weighted by atomic mass is 9.94. The van der Waals surface area contributed by atoms with Crippen molar-refractivity contribution in [2.45, 2.75) is 44.7 Å². The van der Waals surface area contributed by atoms with Gasteiger partial charge in [0.2, 0.25) is 5.91 Å². The molecule has 0 bridgehead atoms. The predicted octanol–water partition coefficient (Wildman–Crippen LogP) is 2.02. The summed E-state index contributed by atoms with van der Waals surface area (Å²) in [5.74, 6) is -0.330. The number of hydrogen-bond donors (Lipinski definition) is 2. The second kappa shape index (κ2) is 7.78. The second-order valence-corrected chi connectivity index (χ2v) is 5.59. The molecule has 1 aliphatic rings. The Morgan fingerprint density at radius 3 is 2.43 bits per heavy atom. The van der Waals surface area contributed by atoms with E-state index < -0.39 is 6.03 Å². The summed E-state index contributed by atoms with van der Waals surface area (Å²) in [5, 5.41) is 2.16. The highest BCUT2D eigenvalue weighted by molar-refractivity contribution is 5.94. The van der Waals surface area contributed by atoms with Gasteiger partial charge in [0.05, 0.1) is 6.54 Å². The van der Waals surface area contributed by atoms with Crippen LogP contribution in [0.4, 0.5) is 4.79 Å². The minimum Gasteiger partial charge on any atom is -0.351 e. The molecule has 1 aromatic rings. The first-order chi connectivity index (χ1) is 10.1. The Kier molecular flexibility index (Phi) is 5.75. The van der Waals surface area contributed by atoms with Gasteiger partial charge in [0.15, 0.2) is 0 Å². The molecule has 0 atom stereocenters. The molecular weight excluding hydrogens is 266 g/mol. The fourth-order valence-electron chi connectivity index (χ4n) is 2.94. The highest BCUT2D eigenvalue weighted by Crippen LogP contribution is 2.23. The number of benzene rings is 1. The van der Waals surface area contributed by atoms with Gasteiger partial charge in [-0.2, -0.15) is 0 Å². The van der Waals surface area contributed by atoms with Crippen LogP contribution in [0.5, 0.6) is 0 Å². The molecule has 3 N–H and O–H groups in total. The van der Waals surface area contributed by atoms with E-state index >= 15 is 0 Å². The van der Waals surface area contributed by atoms with Crippen LogP contribution >= 0.6 is 0 Å². The topological polar surface area (TPSA) is 75.4 Å². The third-order valence-electron chi connectivity index (χ3n) is 3.93. The number of imide groups is 1. The maximum atomic E-state index is 11.8. The smallest absolute Gasteiger partial charge is 0.318 e. The third kappa shape index (κ3) is 5.19. The number of nitrogens with one attached hydrogen (secondary N) is 1. The van der Waals surface area contributed by atoms with Gasteiger partial charge in [0.1, 0.15) is 0 Å². The molecule has 114 valence electrons. The summed E-state index contributed by atoms with van der Waals surface area (Å²) >= 11 is 0. The first-order valence-corrected chi connectivity index (χ1v) is 7.52. The van der Waals surface area contributed by atoms with E-state index in [9.17, 15) is 9.59 Å². The maximum absolute atomic E-state index is 11.8. The fourth-order valence-corrected chi connectivity index (χ4v) is 2.94. The van der Waals surface area contributed by atoms with Crippen molar-refractivity contribution in [2.75, 3.05) is 6.54 Å².